The zero-order valence-electron chi connectivity index (χ0n) is 22.4. The molecule has 7 nitrogen and oxygen atoms in total. The predicted octanol–water partition coefficient (Wildman–Crippen LogP) is 4.92. The first kappa shape index (κ1) is 28.0. The summed E-state index contributed by atoms with van der Waals surface area (Å²) in [6, 6.07) is 20.0. The van der Waals surface area contributed by atoms with Crippen molar-refractivity contribution in [3.63, 3.8) is 0 Å². The van der Waals surface area contributed by atoms with Gasteiger partial charge in [0.1, 0.15) is 29.1 Å². The number of rotatable bonds is 12. The molecule has 1 N–H and O–H groups in total. The topological polar surface area (TPSA) is 77.1 Å². The second kappa shape index (κ2) is 13.6. The summed E-state index contributed by atoms with van der Waals surface area (Å²) in [6.07, 6.45) is 4.22. The fourth-order valence-electron chi connectivity index (χ4n) is 4.82. The molecule has 0 saturated heterocycles. The third kappa shape index (κ3) is 7.72. The highest BCUT2D eigenvalue weighted by atomic mass is 19.1. The smallest absolute Gasteiger partial charge is 0.261 e. The van der Waals surface area contributed by atoms with E-state index in [2.05, 4.69) is 5.32 Å². The maximum absolute atomic E-state index is 14.8. The van der Waals surface area contributed by atoms with Crippen LogP contribution in [0.3, 0.4) is 0 Å². The molecule has 0 aromatic heterocycles. The largest absolute Gasteiger partial charge is 0.496 e. The first-order valence-corrected chi connectivity index (χ1v) is 13.2. The zero-order chi connectivity index (χ0) is 27.6. The van der Waals surface area contributed by atoms with Gasteiger partial charge in [-0.3, -0.25) is 9.59 Å². The van der Waals surface area contributed by atoms with E-state index in [4.69, 9.17) is 14.2 Å². The van der Waals surface area contributed by atoms with Crippen molar-refractivity contribution in [2.75, 3.05) is 20.8 Å². The normalized spacial score (nSPS) is 13.9. The van der Waals surface area contributed by atoms with Crippen molar-refractivity contribution in [2.24, 2.45) is 0 Å². The van der Waals surface area contributed by atoms with Gasteiger partial charge < -0.3 is 24.4 Å². The average molecular weight is 535 g/mol. The lowest BCUT2D eigenvalue weighted by Crippen LogP contribution is -2.53. The summed E-state index contributed by atoms with van der Waals surface area (Å²) >= 11 is 0. The number of hydrogen-bond acceptors (Lipinski definition) is 5. The van der Waals surface area contributed by atoms with E-state index < -0.39 is 17.8 Å². The highest BCUT2D eigenvalue weighted by Gasteiger charge is 2.33. The third-order valence-electron chi connectivity index (χ3n) is 6.96. The van der Waals surface area contributed by atoms with Gasteiger partial charge in [-0.05, 0) is 24.5 Å². The van der Waals surface area contributed by atoms with Gasteiger partial charge in [0.15, 0.2) is 6.61 Å². The summed E-state index contributed by atoms with van der Waals surface area (Å²) < 4.78 is 31.2. The number of ether oxygens (including phenoxy) is 3. The second-order valence-corrected chi connectivity index (χ2v) is 9.65. The summed E-state index contributed by atoms with van der Waals surface area (Å²) in [6.45, 7) is -0.432. The van der Waals surface area contributed by atoms with Crippen LogP contribution >= 0.6 is 0 Å². The molecule has 1 saturated carbocycles. The lowest BCUT2D eigenvalue weighted by molar-refractivity contribution is -0.143. The predicted molar refractivity (Wildman–Crippen MR) is 146 cm³/mol. The van der Waals surface area contributed by atoms with E-state index in [1.165, 1.54) is 25.2 Å². The molecular weight excluding hydrogens is 499 g/mol. The number of amides is 2. The third-order valence-corrected chi connectivity index (χ3v) is 6.96. The molecular formula is C31H35FN2O5. The summed E-state index contributed by atoms with van der Waals surface area (Å²) in [7, 11) is 3.05. The van der Waals surface area contributed by atoms with Crippen LogP contribution in [0.25, 0.3) is 0 Å². The minimum Gasteiger partial charge on any atom is -0.496 e. The molecule has 1 aliphatic carbocycles. The fourth-order valence-corrected chi connectivity index (χ4v) is 4.82. The van der Waals surface area contributed by atoms with Crippen LogP contribution in [-0.2, 0) is 22.6 Å². The number of nitrogens with one attached hydrogen (secondary N) is 1. The van der Waals surface area contributed by atoms with E-state index in [0.717, 1.165) is 31.2 Å². The van der Waals surface area contributed by atoms with E-state index in [9.17, 15) is 14.0 Å². The molecule has 39 heavy (non-hydrogen) atoms. The number of halogens is 1. The molecule has 0 heterocycles. The Kier molecular flexibility index (Phi) is 9.78. The molecule has 0 spiro atoms. The molecule has 3 aromatic rings. The van der Waals surface area contributed by atoms with Crippen molar-refractivity contribution < 1.29 is 28.2 Å². The maximum Gasteiger partial charge on any atom is 0.261 e. The zero-order valence-corrected chi connectivity index (χ0v) is 22.4. The van der Waals surface area contributed by atoms with Crippen molar-refractivity contribution >= 4 is 11.8 Å². The lowest BCUT2D eigenvalue weighted by atomic mass is 10.0. The maximum atomic E-state index is 14.8. The molecule has 0 unspecified atom stereocenters. The highest BCUT2D eigenvalue weighted by molar-refractivity contribution is 5.88. The Balaban J connectivity index is 1.63. The standard InChI is InChI=1S/C31H35FN2O5/c1-37-25-17-26(38-2)19-27(18-25)39-21-30(35)34(20-23-12-6-9-15-28(23)32)29(16-22-10-4-3-5-11-22)31(36)33-24-13-7-8-14-24/h3-6,9-12,15,17-19,24,29H,7-8,13-14,16,20-21H2,1-2H3,(H,33,36)/t29-/m1/s1. The van der Waals surface area contributed by atoms with E-state index in [1.54, 1.807) is 36.4 Å². The van der Waals surface area contributed by atoms with Gasteiger partial charge in [0, 0.05) is 42.8 Å². The first-order valence-electron chi connectivity index (χ1n) is 13.2. The van der Waals surface area contributed by atoms with Crippen LogP contribution in [0.5, 0.6) is 17.2 Å². The second-order valence-electron chi connectivity index (χ2n) is 9.65. The molecule has 4 rings (SSSR count). The van der Waals surface area contributed by atoms with E-state index in [1.807, 2.05) is 30.3 Å². The molecule has 8 heteroatoms. The van der Waals surface area contributed by atoms with Gasteiger partial charge in [0.2, 0.25) is 5.91 Å². The molecule has 3 aromatic carbocycles. The molecule has 0 radical (unpaired) electrons. The van der Waals surface area contributed by atoms with Crippen LogP contribution in [-0.4, -0.2) is 49.6 Å². The Morgan fingerprint density at radius 2 is 1.54 bits per heavy atom. The Bertz CT molecular complexity index is 1220. The lowest BCUT2D eigenvalue weighted by Gasteiger charge is -2.32. The van der Waals surface area contributed by atoms with Crippen LogP contribution in [0.4, 0.5) is 4.39 Å². The summed E-state index contributed by atoms with van der Waals surface area (Å²) in [5, 5.41) is 3.14. The quantitative estimate of drug-likeness (QED) is 0.357. The molecule has 206 valence electrons. The Labute approximate surface area is 228 Å². The molecule has 1 fully saturated rings. The first-order chi connectivity index (χ1) is 19.0. The summed E-state index contributed by atoms with van der Waals surface area (Å²) in [5.74, 6) is 0.265. The molecule has 2 amide bonds. The van der Waals surface area contributed by atoms with E-state index >= 15 is 0 Å². The Morgan fingerprint density at radius 3 is 2.18 bits per heavy atom. The van der Waals surface area contributed by atoms with Crippen LogP contribution < -0.4 is 19.5 Å². The summed E-state index contributed by atoms with van der Waals surface area (Å²) in [5.41, 5.74) is 1.22. The number of nitrogens with zero attached hydrogens (tertiary/aromatic N) is 1. The van der Waals surface area contributed by atoms with Gasteiger partial charge in [-0.25, -0.2) is 4.39 Å². The minimum absolute atomic E-state index is 0.0710. The Morgan fingerprint density at radius 1 is 0.923 bits per heavy atom. The van der Waals surface area contributed by atoms with E-state index in [0.29, 0.717) is 22.8 Å². The SMILES string of the molecule is COc1cc(OC)cc(OCC(=O)N(Cc2ccccc2F)[C@H](Cc2ccccc2)C(=O)NC2CCCC2)c1. The van der Waals surface area contributed by atoms with Crippen molar-refractivity contribution in [3.05, 3.63) is 89.7 Å². The van der Waals surface area contributed by atoms with Gasteiger partial charge in [-0.2, -0.15) is 0 Å². The van der Waals surface area contributed by atoms with Crippen molar-refractivity contribution in [2.45, 2.75) is 50.7 Å². The number of carbonyl (C=O) groups excluding carboxylic acids is 2. The molecule has 0 bridgehead atoms. The molecule has 1 aliphatic rings. The number of methoxy groups -OCH3 is 2. The van der Waals surface area contributed by atoms with Gasteiger partial charge in [-0.15, -0.1) is 0 Å². The minimum atomic E-state index is -0.858. The van der Waals surface area contributed by atoms with Crippen LogP contribution in [0, 0.1) is 5.82 Å². The van der Waals surface area contributed by atoms with Gasteiger partial charge in [0.25, 0.3) is 5.91 Å². The monoisotopic (exact) mass is 534 g/mol. The number of carbonyl (C=O) groups is 2. The highest BCUT2D eigenvalue weighted by Crippen LogP contribution is 2.28. The van der Waals surface area contributed by atoms with Crippen molar-refractivity contribution in [1.82, 2.24) is 10.2 Å². The van der Waals surface area contributed by atoms with E-state index in [-0.39, 0.29) is 31.5 Å². The van der Waals surface area contributed by atoms with Gasteiger partial charge in [0.05, 0.1) is 14.2 Å². The van der Waals surface area contributed by atoms with Crippen LogP contribution in [0.1, 0.15) is 36.8 Å². The Hall–Kier alpha value is -4.07. The molecule has 0 aliphatic heterocycles. The molecule has 1 atom stereocenters. The van der Waals surface area contributed by atoms with Gasteiger partial charge >= 0.3 is 0 Å². The van der Waals surface area contributed by atoms with Crippen molar-refractivity contribution in [3.8, 4) is 17.2 Å². The average Bonchev–Trinajstić information content (AvgIpc) is 3.47. The van der Waals surface area contributed by atoms with Crippen molar-refractivity contribution in [1.29, 1.82) is 0 Å². The van der Waals surface area contributed by atoms with Gasteiger partial charge in [-0.1, -0.05) is 61.4 Å². The van der Waals surface area contributed by atoms with Crippen LogP contribution in [0.2, 0.25) is 0 Å². The van der Waals surface area contributed by atoms with Crippen LogP contribution in [0.15, 0.2) is 72.8 Å². The fraction of sp³-hybridized carbons (Fsp3) is 0.355. The number of hydrogen-bond donors (Lipinski definition) is 1. The summed E-state index contributed by atoms with van der Waals surface area (Å²) in [4.78, 5) is 28.9. The number of benzene rings is 3.